The summed E-state index contributed by atoms with van der Waals surface area (Å²) in [6, 6.07) is 7.74. The number of ether oxygens (including phenoxy) is 1. The van der Waals surface area contributed by atoms with Crippen molar-refractivity contribution in [1.29, 1.82) is 0 Å². The van der Waals surface area contributed by atoms with Crippen molar-refractivity contribution in [1.82, 2.24) is 9.29 Å². The predicted molar refractivity (Wildman–Crippen MR) is 93.3 cm³/mol. The molecule has 130 valence electrons. The molecule has 0 aliphatic carbocycles. The van der Waals surface area contributed by atoms with Gasteiger partial charge in [-0.2, -0.15) is 4.31 Å². The van der Waals surface area contributed by atoms with Gasteiger partial charge in [-0.1, -0.05) is 23.5 Å². The van der Waals surface area contributed by atoms with Crippen LogP contribution in [0.4, 0.5) is 0 Å². The second-order valence-electron chi connectivity index (χ2n) is 6.35. The zero-order valence-electron chi connectivity index (χ0n) is 13.8. The van der Waals surface area contributed by atoms with Crippen LogP contribution >= 0.6 is 11.3 Å². The molecular weight excluding hydrogens is 348 g/mol. The molecule has 3 rings (SSSR count). The Bertz CT molecular complexity index is 899. The van der Waals surface area contributed by atoms with Crippen LogP contribution in [0.25, 0.3) is 0 Å². The Morgan fingerprint density at radius 3 is 2.75 bits per heavy atom. The molecule has 0 amide bonds. The van der Waals surface area contributed by atoms with Gasteiger partial charge in [0.15, 0.2) is 4.21 Å². The Kier molecular flexibility index (Phi) is 4.31. The molecule has 2 aromatic rings. The maximum Gasteiger partial charge on any atom is 0.305 e. The van der Waals surface area contributed by atoms with E-state index in [1.165, 1.54) is 10.5 Å². The number of rotatable bonds is 4. The van der Waals surface area contributed by atoms with Gasteiger partial charge < -0.3 is 9.72 Å². The van der Waals surface area contributed by atoms with E-state index in [0.29, 0.717) is 6.54 Å². The molecular formula is C16H20N2O4S2. The Morgan fingerprint density at radius 1 is 1.38 bits per heavy atom. The van der Waals surface area contributed by atoms with Crippen molar-refractivity contribution in [3.8, 4) is 5.75 Å². The average Bonchev–Trinajstić information content (AvgIpc) is 3.10. The van der Waals surface area contributed by atoms with Gasteiger partial charge in [-0.25, -0.2) is 8.42 Å². The Morgan fingerprint density at radius 2 is 2.12 bits per heavy atom. The lowest BCUT2D eigenvalue weighted by atomic mass is 9.83. The van der Waals surface area contributed by atoms with Crippen molar-refractivity contribution in [3.05, 3.63) is 45.7 Å². The molecule has 24 heavy (non-hydrogen) atoms. The van der Waals surface area contributed by atoms with Crippen LogP contribution in [-0.2, 0) is 10.0 Å². The number of benzene rings is 1. The number of aromatic nitrogens is 1. The van der Waals surface area contributed by atoms with Crippen molar-refractivity contribution in [3.63, 3.8) is 0 Å². The van der Waals surface area contributed by atoms with Gasteiger partial charge in [0, 0.05) is 24.2 Å². The summed E-state index contributed by atoms with van der Waals surface area (Å²) in [7, 11) is -2.08. The number of sulfonamides is 1. The van der Waals surface area contributed by atoms with Crippen LogP contribution in [0.15, 0.2) is 39.5 Å². The molecule has 0 saturated carbocycles. The van der Waals surface area contributed by atoms with Gasteiger partial charge in [0.25, 0.3) is 10.0 Å². The van der Waals surface area contributed by atoms with E-state index in [2.05, 4.69) is 4.98 Å². The quantitative estimate of drug-likeness (QED) is 0.899. The molecule has 1 aromatic heterocycles. The maximum absolute atomic E-state index is 12.9. The van der Waals surface area contributed by atoms with E-state index in [1.54, 1.807) is 7.11 Å². The highest BCUT2D eigenvalue weighted by Crippen LogP contribution is 2.45. The van der Waals surface area contributed by atoms with Gasteiger partial charge in [0.2, 0.25) is 0 Å². The van der Waals surface area contributed by atoms with Crippen LogP contribution in [0.5, 0.6) is 5.75 Å². The molecule has 1 fully saturated rings. The minimum atomic E-state index is -3.69. The summed E-state index contributed by atoms with van der Waals surface area (Å²) in [5, 5.41) is 0. The molecule has 1 saturated heterocycles. The van der Waals surface area contributed by atoms with Crippen molar-refractivity contribution in [2.24, 2.45) is 0 Å². The van der Waals surface area contributed by atoms with Crippen molar-refractivity contribution in [2.75, 3.05) is 13.7 Å². The first-order chi connectivity index (χ1) is 11.3. The molecule has 8 heteroatoms. The number of methoxy groups -OCH3 is 1. The zero-order valence-corrected chi connectivity index (χ0v) is 15.4. The Hall–Kier alpha value is -1.64. The first-order valence-electron chi connectivity index (χ1n) is 7.62. The van der Waals surface area contributed by atoms with Gasteiger partial charge in [-0.05, 0) is 38.0 Å². The van der Waals surface area contributed by atoms with Gasteiger partial charge in [-0.3, -0.25) is 4.79 Å². The van der Waals surface area contributed by atoms with Crippen molar-refractivity contribution < 1.29 is 13.2 Å². The van der Waals surface area contributed by atoms with Crippen LogP contribution in [0.3, 0.4) is 0 Å². The molecule has 0 bridgehead atoms. The molecule has 1 aromatic carbocycles. The number of H-pyrrole nitrogens is 1. The highest BCUT2D eigenvalue weighted by Gasteiger charge is 2.48. The molecule has 0 spiro atoms. The van der Waals surface area contributed by atoms with E-state index in [0.717, 1.165) is 29.1 Å². The third-order valence-electron chi connectivity index (χ3n) is 4.66. The summed E-state index contributed by atoms with van der Waals surface area (Å²) in [6.07, 6.45) is 2.00. The van der Waals surface area contributed by atoms with Gasteiger partial charge in [0.1, 0.15) is 5.75 Å². The number of thiazole rings is 1. The fourth-order valence-corrected chi connectivity index (χ4v) is 6.28. The van der Waals surface area contributed by atoms with Gasteiger partial charge in [0.05, 0.1) is 7.11 Å². The lowest BCUT2D eigenvalue weighted by molar-refractivity contribution is 0.269. The topological polar surface area (TPSA) is 79.5 Å². The summed E-state index contributed by atoms with van der Waals surface area (Å²) in [5.41, 5.74) is 0.456. The van der Waals surface area contributed by atoms with Crippen LogP contribution < -0.4 is 9.61 Å². The monoisotopic (exact) mass is 368 g/mol. The van der Waals surface area contributed by atoms with Gasteiger partial charge >= 0.3 is 4.87 Å². The number of nitrogens with one attached hydrogen (secondary N) is 1. The number of aromatic amines is 1. The molecule has 2 heterocycles. The standard InChI is InChI=1S/C16H20N2O4S2/c1-16(2)13(11-5-4-6-12(9-11)22-3)7-8-18(16)24(20,21)14-10-17-15(19)23-14/h4-6,9-10,13H,7-8H2,1-3H3,(H,17,19). The lowest BCUT2D eigenvalue weighted by Crippen LogP contribution is -2.45. The molecule has 1 aliphatic rings. The van der Waals surface area contributed by atoms with E-state index in [9.17, 15) is 13.2 Å². The fraction of sp³-hybridized carbons (Fsp3) is 0.438. The zero-order chi connectivity index (χ0) is 17.5. The third-order valence-corrected chi connectivity index (χ3v) is 8.02. The first-order valence-corrected chi connectivity index (χ1v) is 9.88. The first kappa shape index (κ1) is 17.2. The van der Waals surface area contributed by atoms with Crippen LogP contribution in [-0.4, -0.2) is 36.9 Å². The summed E-state index contributed by atoms with van der Waals surface area (Å²) in [6.45, 7) is 4.28. The Balaban J connectivity index is 1.97. The fourth-order valence-electron chi connectivity index (χ4n) is 3.43. The predicted octanol–water partition coefficient (Wildman–Crippen LogP) is 2.40. The number of hydrogen-bond donors (Lipinski definition) is 1. The summed E-state index contributed by atoms with van der Waals surface area (Å²) < 4.78 is 32.7. The second kappa shape index (κ2) is 6.02. The second-order valence-corrected chi connectivity index (χ2v) is 9.45. The van der Waals surface area contributed by atoms with E-state index in [4.69, 9.17) is 4.74 Å². The average molecular weight is 368 g/mol. The van der Waals surface area contributed by atoms with Crippen LogP contribution in [0.1, 0.15) is 31.7 Å². The lowest BCUT2D eigenvalue weighted by Gasteiger charge is -2.35. The highest BCUT2D eigenvalue weighted by molar-refractivity contribution is 7.91. The van der Waals surface area contributed by atoms with Crippen LogP contribution in [0, 0.1) is 0 Å². The van der Waals surface area contributed by atoms with Crippen molar-refractivity contribution in [2.45, 2.75) is 35.9 Å². The molecule has 1 unspecified atom stereocenters. The third kappa shape index (κ3) is 2.78. The van der Waals surface area contributed by atoms with Gasteiger partial charge in [-0.15, -0.1) is 0 Å². The number of nitrogens with zero attached hydrogens (tertiary/aromatic N) is 1. The normalized spacial score (nSPS) is 21.0. The van der Waals surface area contributed by atoms with E-state index >= 15 is 0 Å². The maximum atomic E-state index is 12.9. The molecule has 1 atom stereocenters. The summed E-state index contributed by atoms with van der Waals surface area (Å²) in [4.78, 5) is 13.4. The highest BCUT2D eigenvalue weighted by atomic mass is 32.2. The largest absolute Gasteiger partial charge is 0.497 e. The van der Waals surface area contributed by atoms with Crippen molar-refractivity contribution >= 4 is 21.4 Å². The molecule has 1 N–H and O–H groups in total. The van der Waals surface area contributed by atoms with E-state index in [-0.39, 0.29) is 15.0 Å². The smallest absolute Gasteiger partial charge is 0.305 e. The van der Waals surface area contributed by atoms with Crippen LogP contribution in [0.2, 0.25) is 0 Å². The molecule has 1 aliphatic heterocycles. The minimum absolute atomic E-state index is 0.0537. The molecule has 6 nitrogen and oxygen atoms in total. The summed E-state index contributed by atoms with van der Waals surface area (Å²) >= 11 is 0.725. The molecule has 0 radical (unpaired) electrons. The summed E-state index contributed by atoms with van der Waals surface area (Å²) in [5.74, 6) is 0.812. The van der Waals surface area contributed by atoms with E-state index < -0.39 is 15.6 Å². The number of hydrogen-bond acceptors (Lipinski definition) is 5. The Labute approximate surface area is 145 Å². The minimum Gasteiger partial charge on any atom is -0.497 e. The SMILES string of the molecule is COc1cccc(C2CCN(S(=O)(=O)c3c[nH]c(=O)s3)C2(C)C)c1. The van der Waals surface area contributed by atoms with E-state index in [1.807, 2.05) is 38.1 Å².